The Labute approximate surface area is 96.5 Å². The minimum atomic E-state index is -0.0661. The number of nitrogens with one attached hydrogen (secondary N) is 2. The Morgan fingerprint density at radius 2 is 2.38 bits per heavy atom. The van der Waals surface area contributed by atoms with Gasteiger partial charge in [0.05, 0.1) is 12.0 Å². The number of nitrogens with two attached hydrogens (primary N) is 1. The summed E-state index contributed by atoms with van der Waals surface area (Å²) in [6.07, 6.45) is 0. The maximum absolute atomic E-state index is 9.00. The Bertz CT molecular complexity index is 486. The molecule has 0 aliphatic heterocycles. The van der Waals surface area contributed by atoms with Crippen molar-refractivity contribution in [3.8, 4) is 0 Å². The lowest BCUT2D eigenvalue weighted by molar-refractivity contribution is 0.281. The van der Waals surface area contributed by atoms with Crippen LogP contribution in [-0.2, 0) is 0 Å². The van der Waals surface area contributed by atoms with Gasteiger partial charge in [0, 0.05) is 6.04 Å². The van der Waals surface area contributed by atoms with Crippen LogP contribution in [-0.4, -0.2) is 27.7 Å². The maximum Gasteiger partial charge on any atom is 0.240 e. The molecule has 6 nitrogen and oxygen atoms in total. The number of aromatic nitrogens is 2. The predicted octanol–water partition coefficient (Wildman–Crippen LogP) is 0.770. The molecule has 0 saturated carbocycles. The average Bonchev–Trinajstić information content (AvgIpc) is 2.76. The standard InChI is InChI=1S/C9H13N5OS/c1-5(4-15)11-7-6-2-3-16-8(6)13-9(12-7)14-10/h2-3,5,15H,4,10H2,1H3,(H2,11,12,13,14). The van der Waals surface area contributed by atoms with Crippen molar-refractivity contribution < 1.29 is 5.11 Å². The lowest BCUT2D eigenvalue weighted by Gasteiger charge is -2.12. The third-order valence-corrected chi connectivity index (χ3v) is 2.92. The lowest BCUT2D eigenvalue weighted by atomic mass is 10.3. The van der Waals surface area contributed by atoms with Crippen molar-refractivity contribution in [1.29, 1.82) is 0 Å². The number of rotatable bonds is 4. The van der Waals surface area contributed by atoms with Crippen molar-refractivity contribution in [1.82, 2.24) is 9.97 Å². The average molecular weight is 239 g/mol. The highest BCUT2D eigenvalue weighted by Crippen LogP contribution is 2.26. The fourth-order valence-electron chi connectivity index (χ4n) is 1.31. The van der Waals surface area contributed by atoms with Crippen LogP contribution in [0.1, 0.15) is 6.92 Å². The second kappa shape index (κ2) is 4.60. The molecule has 0 aromatic carbocycles. The van der Waals surface area contributed by atoms with Crippen LogP contribution < -0.4 is 16.6 Å². The number of hydrazine groups is 1. The zero-order valence-electron chi connectivity index (χ0n) is 8.77. The van der Waals surface area contributed by atoms with E-state index in [1.54, 1.807) is 0 Å². The summed E-state index contributed by atoms with van der Waals surface area (Å²) in [6.45, 7) is 1.91. The second-order valence-electron chi connectivity index (χ2n) is 3.41. The van der Waals surface area contributed by atoms with Crippen molar-refractivity contribution in [2.75, 3.05) is 17.3 Å². The molecule has 16 heavy (non-hydrogen) atoms. The summed E-state index contributed by atoms with van der Waals surface area (Å²) in [4.78, 5) is 9.29. The molecule has 0 radical (unpaired) electrons. The van der Waals surface area contributed by atoms with Crippen LogP contribution in [0, 0.1) is 0 Å². The molecule has 0 amide bonds. The monoisotopic (exact) mass is 239 g/mol. The molecule has 7 heteroatoms. The van der Waals surface area contributed by atoms with Crippen LogP contribution >= 0.6 is 11.3 Å². The van der Waals surface area contributed by atoms with Gasteiger partial charge in [-0.05, 0) is 18.4 Å². The van der Waals surface area contributed by atoms with Gasteiger partial charge in [0.15, 0.2) is 0 Å². The molecule has 2 aromatic heterocycles. The first-order chi connectivity index (χ1) is 7.74. The molecule has 0 aliphatic rings. The van der Waals surface area contributed by atoms with Crippen molar-refractivity contribution in [3.05, 3.63) is 11.4 Å². The Hall–Kier alpha value is -1.44. The fourth-order valence-corrected chi connectivity index (χ4v) is 2.07. The third-order valence-electron chi connectivity index (χ3n) is 2.11. The first kappa shape index (κ1) is 11.1. The highest BCUT2D eigenvalue weighted by molar-refractivity contribution is 7.16. The third kappa shape index (κ3) is 2.06. The van der Waals surface area contributed by atoms with E-state index in [1.165, 1.54) is 11.3 Å². The van der Waals surface area contributed by atoms with Crippen molar-refractivity contribution in [3.63, 3.8) is 0 Å². The van der Waals surface area contributed by atoms with E-state index in [0.29, 0.717) is 11.8 Å². The van der Waals surface area contributed by atoms with Crippen LogP contribution in [0.2, 0.25) is 0 Å². The fraction of sp³-hybridized carbons (Fsp3) is 0.333. The lowest BCUT2D eigenvalue weighted by Crippen LogP contribution is -2.21. The van der Waals surface area contributed by atoms with Crippen molar-refractivity contribution >= 4 is 33.3 Å². The Balaban J connectivity index is 2.44. The minimum Gasteiger partial charge on any atom is -0.394 e. The van der Waals surface area contributed by atoms with E-state index in [-0.39, 0.29) is 12.6 Å². The summed E-state index contributed by atoms with van der Waals surface area (Å²) in [5.41, 5.74) is 2.42. The Morgan fingerprint density at radius 3 is 3.06 bits per heavy atom. The van der Waals surface area contributed by atoms with Gasteiger partial charge >= 0.3 is 0 Å². The van der Waals surface area contributed by atoms with Gasteiger partial charge < -0.3 is 10.4 Å². The number of aliphatic hydroxyl groups is 1. The molecule has 2 heterocycles. The number of aliphatic hydroxyl groups excluding tert-OH is 1. The van der Waals surface area contributed by atoms with Gasteiger partial charge in [-0.25, -0.2) is 10.8 Å². The Morgan fingerprint density at radius 1 is 1.56 bits per heavy atom. The van der Waals surface area contributed by atoms with E-state index in [2.05, 4.69) is 20.7 Å². The minimum absolute atomic E-state index is 0.0427. The number of hydrogen-bond donors (Lipinski definition) is 4. The van der Waals surface area contributed by atoms with E-state index >= 15 is 0 Å². The first-order valence-electron chi connectivity index (χ1n) is 4.84. The van der Waals surface area contributed by atoms with Gasteiger partial charge in [0.2, 0.25) is 5.95 Å². The summed E-state index contributed by atoms with van der Waals surface area (Å²) in [5, 5.41) is 15.0. The molecule has 2 rings (SSSR count). The number of fused-ring (bicyclic) bond motifs is 1. The molecule has 0 saturated heterocycles. The Kier molecular flexibility index (Phi) is 3.18. The first-order valence-corrected chi connectivity index (χ1v) is 5.72. The zero-order valence-corrected chi connectivity index (χ0v) is 9.58. The highest BCUT2D eigenvalue weighted by Gasteiger charge is 2.10. The molecule has 5 N–H and O–H groups in total. The van der Waals surface area contributed by atoms with E-state index in [1.807, 2.05) is 18.4 Å². The van der Waals surface area contributed by atoms with Crippen LogP contribution in [0.5, 0.6) is 0 Å². The molecule has 0 bridgehead atoms. The molecule has 0 spiro atoms. The van der Waals surface area contributed by atoms with Gasteiger partial charge in [-0.15, -0.1) is 11.3 Å². The molecule has 86 valence electrons. The number of hydrogen-bond acceptors (Lipinski definition) is 7. The zero-order chi connectivity index (χ0) is 11.5. The normalized spacial score (nSPS) is 12.7. The summed E-state index contributed by atoms with van der Waals surface area (Å²) in [6, 6.07) is 1.87. The van der Waals surface area contributed by atoms with Crippen LogP contribution in [0.4, 0.5) is 11.8 Å². The number of thiophene rings is 1. The van der Waals surface area contributed by atoms with Gasteiger partial charge in [0.25, 0.3) is 0 Å². The van der Waals surface area contributed by atoms with Crippen molar-refractivity contribution in [2.24, 2.45) is 5.84 Å². The van der Waals surface area contributed by atoms with E-state index < -0.39 is 0 Å². The largest absolute Gasteiger partial charge is 0.394 e. The summed E-state index contributed by atoms with van der Waals surface area (Å²) >= 11 is 1.52. The predicted molar refractivity (Wildman–Crippen MR) is 65.4 cm³/mol. The van der Waals surface area contributed by atoms with Gasteiger partial charge in [0.1, 0.15) is 10.6 Å². The highest BCUT2D eigenvalue weighted by atomic mass is 32.1. The summed E-state index contributed by atoms with van der Waals surface area (Å²) in [5.74, 6) is 6.34. The molecular formula is C9H13N5OS. The van der Waals surface area contributed by atoms with Crippen LogP contribution in [0.15, 0.2) is 11.4 Å². The maximum atomic E-state index is 9.00. The number of nitrogens with zero attached hydrogens (tertiary/aromatic N) is 2. The molecule has 1 unspecified atom stereocenters. The van der Waals surface area contributed by atoms with E-state index in [0.717, 1.165) is 10.2 Å². The van der Waals surface area contributed by atoms with E-state index in [4.69, 9.17) is 10.9 Å². The quantitative estimate of drug-likeness (QED) is 0.465. The van der Waals surface area contributed by atoms with Gasteiger partial charge in [-0.1, -0.05) is 0 Å². The van der Waals surface area contributed by atoms with Crippen LogP contribution in [0.25, 0.3) is 10.2 Å². The molecule has 0 fully saturated rings. The smallest absolute Gasteiger partial charge is 0.240 e. The molecule has 0 aliphatic carbocycles. The second-order valence-corrected chi connectivity index (χ2v) is 4.30. The van der Waals surface area contributed by atoms with Crippen molar-refractivity contribution in [2.45, 2.75) is 13.0 Å². The van der Waals surface area contributed by atoms with Gasteiger partial charge in [-0.3, -0.25) is 5.43 Å². The van der Waals surface area contributed by atoms with E-state index in [9.17, 15) is 0 Å². The summed E-state index contributed by atoms with van der Waals surface area (Å²) in [7, 11) is 0. The van der Waals surface area contributed by atoms with Crippen LogP contribution in [0.3, 0.4) is 0 Å². The summed E-state index contributed by atoms with van der Waals surface area (Å²) < 4.78 is 0. The molecular weight excluding hydrogens is 226 g/mol. The number of nitrogen functional groups attached to an aromatic ring is 1. The topological polar surface area (TPSA) is 96.1 Å². The SMILES string of the molecule is CC(CO)Nc1nc(NN)nc2sccc12. The molecule has 2 aromatic rings. The molecule has 1 atom stereocenters. The van der Waals surface area contributed by atoms with Gasteiger partial charge in [-0.2, -0.15) is 4.98 Å². The number of anilines is 2.